The minimum Gasteiger partial charge on any atom is -0.408 e. The van der Waals surface area contributed by atoms with E-state index in [1.807, 2.05) is 48.4 Å². The molecule has 8 nitrogen and oxygen atoms in total. The van der Waals surface area contributed by atoms with E-state index in [1.54, 1.807) is 4.68 Å². The first-order valence-corrected chi connectivity index (χ1v) is 12.0. The first kappa shape index (κ1) is 22.3. The molecule has 0 spiro atoms. The van der Waals surface area contributed by atoms with Gasteiger partial charge in [0.05, 0.1) is 11.7 Å². The quantitative estimate of drug-likeness (QED) is 0.441. The highest BCUT2D eigenvalue weighted by Crippen LogP contribution is 2.35. The molecule has 1 saturated carbocycles. The Morgan fingerprint density at radius 1 is 1.12 bits per heavy atom. The molecule has 1 aromatic carbocycles. The molecule has 0 atom stereocenters. The predicted molar refractivity (Wildman–Crippen MR) is 133 cm³/mol. The van der Waals surface area contributed by atoms with Crippen LogP contribution in [0.25, 0.3) is 22.2 Å². The van der Waals surface area contributed by atoms with E-state index in [0.29, 0.717) is 29.7 Å². The molecule has 0 saturated heterocycles. The number of oxazole rings is 1. The third-order valence-electron chi connectivity index (χ3n) is 6.69. The van der Waals surface area contributed by atoms with Crippen LogP contribution in [0, 0.1) is 5.92 Å². The summed E-state index contributed by atoms with van der Waals surface area (Å²) in [6.45, 7) is 4.91. The number of hydrogen-bond donors (Lipinski definition) is 2. The molecule has 4 aromatic rings. The normalized spacial score (nSPS) is 18.6. The zero-order chi connectivity index (χ0) is 23.8. The summed E-state index contributed by atoms with van der Waals surface area (Å²) in [5.41, 5.74) is 5.21. The van der Waals surface area contributed by atoms with Gasteiger partial charge in [-0.1, -0.05) is 19.9 Å². The molecule has 0 aliphatic heterocycles. The third kappa shape index (κ3) is 4.58. The SMILES string of the molecule is CC(C)Cn1cc(-c2cnn(C)c2)cc(N[C@H]2CC[C@@H](c3ccc4[nH]c(=O)oc4c3)CC2)c1=O. The van der Waals surface area contributed by atoms with Crippen molar-refractivity contribution < 1.29 is 4.42 Å². The van der Waals surface area contributed by atoms with Crippen LogP contribution in [0.5, 0.6) is 0 Å². The Balaban J connectivity index is 1.33. The van der Waals surface area contributed by atoms with Gasteiger partial charge in [-0.05, 0) is 61.3 Å². The van der Waals surface area contributed by atoms with Crippen LogP contribution in [-0.2, 0) is 13.6 Å². The van der Waals surface area contributed by atoms with Crippen LogP contribution in [-0.4, -0.2) is 25.4 Å². The van der Waals surface area contributed by atoms with Gasteiger partial charge in [0.25, 0.3) is 5.56 Å². The summed E-state index contributed by atoms with van der Waals surface area (Å²) in [5.74, 6) is 0.366. The number of anilines is 1. The Kier molecular flexibility index (Phi) is 5.89. The molecule has 0 amide bonds. The number of H-pyrrole nitrogens is 1. The number of nitrogens with zero attached hydrogens (tertiary/aromatic N) is 3. The molecule has 0 bridgehead atoms. The molecule has 1 aliphatic carbocycles. The number of aromatic nitrogens is 4. The molecule has 2 N–H and O–H groups in total. The van der Waals surface area contributed by atoms with E-state index in [4.69, 9.17) is 4.42 Å². The molecule has 0 radical (unpaired) electrons. The summed E-state index contributed by atoms with van der Waals surface area (Å²) >= 11 is 0. The van der Waals surface area contributed by atoms with Crippen molar-refractivity contribution in [2.24, 2.45) is 13.0 Å². The minimum absolute atomic E-state index is 0.0244. The minimum atomic E-state index is -0.420. The highest BCUT2D eigenvalue weighted by Gasteiger charge is 2.24. The molecule has 5 rings (SSSR count). The third-order valence-corrected chi connectivity index (χ3v) is 6.69. The van der Waals surface area contributed by atoms with E-state index in [-0.39, 0.29) is 11.6 Å². The predicted octanol–water partition coefficient (Wildman–Crippen LogP) is 4.48. The number of rotatable bonds is 6. The molecule has 178 valence electrons. The van der Waals surface area contributed by atoms with Crippen LogP contribution >= 0.6 is 0 Å². The zero-order valence-electron chi connectivity index (χ0n) is 19.9. The number of nitrogens with one attached hydrogen (secondary N) is 2. The van der Waals surface area contributed by atoms with E-state index in [2.05, 4.69) is 35.3 Å². The molecule has 8 heteroatoms. The van der Waals surface area contributed by atoms with Gasteiger partial charge in [0, 0.05) is 43.2 Å². The van der Waals surface area contributed by atoms with E-state index in [1.165, 1.54) is 5.56 Å². The van der Waals surface area contributed by atoms with Gasteiger partial charge in [-0.2, -0.15) is 5.10 Å². The second-order valence-electron chi connectivity index (χ2n) is 9.86. The fourth-order valence-corrected chi connectivity index (χ4v) is 5.00. The summed E-state index contributed by atoms with van der Waals surface area (Å²) in [6.07, 6.45) is 9.72. The Labute approximate surface area is 197 Å². The lowest BCUT2D eigenvalue weighted by atomic mass is 9.81. The van der Waals surface area contributed by atoms with Gasteiger partial charge in [0.1, 0.15) is 5.69 Å². The van der Waals surface area contributed by atoms with Crippen LogP contribution in [0.4, 0.5) is 5.69 Å². The van der Waals surface area contributed by atoms with E-state index >= 15 is 0 Å². The Morgan fingerprint density at radius 2 is 1.91 bits per heavy atom. The molecule has 1 aliphatic rings. The molecular formula is C26H31N5O3. The Hall–Kier alpha value is -3.55. The molecule has 3 heterocycles. The van der Waals surface area contributed by atoms with Gasteiger partial charge in [-0.3, -0.25) is 14.5 Å². The standard InChI is InChI=1S/C26H31N5O3/c1-16(2)13-31-15-19(20-12-27-30(3)14-20)10-23(25(31)32)28-21-7-4-17(5-8-21)18-6-9-22-24(11-18)34-26(33)29-22/h6,9-12,14-17,21,28H,4-5,7-8,13H2,1-3H3,(H,29,33)/t17-,21+. The second-order valence-corrected chi connectivity index (χ2v) is 9.86. The van der Waals surface area contributed by atoms with Gasteiger partial charge >= 0.3 is 5.76 Å². The number of pyridine rings is 1. The van der Waals surface area contributed by atoms with Crippen LogP contribution in [0.15, 0.2) is 56.9 Å². The van der Waals surface area contributed by atoms with Crippen molar-refractivity contribution in [1.29, 1.82) is 0 Å². The number of hydrogen-bond acceptors (Lipinski definition) is 5. The fraction of sp³-hybridized carbons (Fsp3) is 0.423. The number of aryl methyl sites for hydroxylation is 1. The largest absolute Gasteiger partial charge is 0.417 e. The van der Waals surface area contributed by atoms with Crippen molar-refractivity contribution in [2.75, 3.05) is 5.32 Å². The van der Waals surface area contributed by atoms with Gasteiger partial charge in [-0.25, -0.2) is 4.79 Å². The van der Waals surface area contributed by atoms with Crippen molar-refractivity contribution in [2.45, 2.75) is 58.0 Å². The average molecular weight is 462 g/mol. The zero-order valence-corrected chi connectivity index (χ0v) is 19.9. The summed E-state index contributed by atoms with van der Waals surface area (Å²) in [5, 5.41) is 7.85. The lowest BCUT2D eigenvalue weighted by molar-refractivity contribution is 0.411. The Bertz CT molecular complexity index is 1420. The van der Waals surface area contributed by atoms with Gasteiger partial charge < -0.3 is 14.3 Å². The summed E-state index contributed by atoms with van der Waals surface area (Å²) in [7, 11) is 1.90. The maximum atomic E-state index is 13.2. The first-order valence-electron chi connectivity index (χ1n) is 12.0. The fourth-order valence-electron chi connectivity index (χ4n) is 5.00. The van der Waals surface area contributed by atoms with Crippen LogP contribution in [0.2, 0.25) is 0 Å². The van der Waals surface area contributed by atoms with E-state index < -0.39 is 5.76 Å². The lowest BCUT2D eigenvalue weighted by Crippen LogP contribution is -2.31. The smallest absolute Gasteiger partial charge is 0.408 e. The maximum Gasteiger partial charge on any atom is 0.417 e. The van der Waals surface area contributed by atoms with Gasteiger partial charge in [0.15, 0.2) is 5.58 Å². The number of fused-ring (bicyclic) bond motifs is 1. The van der Waals surface area contributed by atoms with Crippen molar-refractivity contribution in [3.63, 3.8) is 0 Å². The topological polar surface area (TPSA) is 97.8 Å². The molecule has 3 aromatic heterocycles. The molecular weight excluding hydrogens is 430 g/mol. The monoisotopic (exact) mass is 461 g/mol. The number of benzene rings is 1. The first-order chi connectivity index (χ1) is 16.4. The van der Waals surface area contributed by atoms with Crippen molar-refractivity contribution in [3.8, 4) is 11.1 Å². The van der Waals surface area contributed by atoms with Gasteiger partial charge in [0.2, 0.25) is 0 Å². The second kappa shape index (κ2) is 9.00. The van der Waals surface area contributed by atoms with Crippen molar-refractivity contribution in [3.05, 3.63) is 69.3 Å². The van der Waals surface area contributed by atoms with Gasteiger partial charge in [-0.15, -0.1) is 0 Å². The summed E-state index contributed by atoms with van der Waals surface area (Å²) < 4.78 is 8.83. The average Bonchev–Trinajstić information content (AvgIpc) is 3.40. The lowest BCUT2D eigenvalue weighted by Gasteiger charge is -2.30. The van der Waals surface area contributed by atoms with Crippen molar-refractivity contribution >= 4 is 16.8 Å². The summed E-state index contributed by atoms with van der Waals surface area (Å²) in [6, 6.07) is 8.18. The van der Waals surface area contributed by atoms with E-state index in [9.17, 15) is 9.59 Å². The summed E-state index contributed by atoms with van der Waals surface area (Å²) in [4.78, 5) is 27.4. The highest BCUT2D eigenvalue weighted by molar-refractivity contribution is 5.73. The molecule has 34 heavy (non-hydrogen) atoms. The van der Waals surface area contributed by atoms with Crippen LogP contribution < -0.4 is 16.6 Å². The molecule has 1 fully saturated rings. The van der Waals surface area contributed by atoms with Crippen molar-refractivity contribution in [1.82, 2.24) is 19.3 Å². The molecule has 0 unspecified atom stereocenters. The number of aromatic amines is 1. The highest BCUT2D eigenvalue weighted by atomic mass is 16.4. The van der Waals surface area contributed by atoms with Crippen LogP contribution in [0.3, 0.4) is 0 Å². The Morgan fingerprint density at radius 3 is 2.62 bits per heavy atom. The van der Waals surface area contributed by atoms with E-state index in [0.717, 1.165) is 42.3 Å². The van der Waals surface area contributed by atoms with Crippen LogP contribution in [0.1, 0.15) is 51.0 Å². The maximum absolute atomic E-state index is 13.2.